The van der Waals surface area contributed by atoms with Crippen LogP contribution in [0.25, 0.3) is 11.1 Å². The standard InChI is InChI=1S/C48H48ClN5O6/c49-21-16-38(31-4-2-1-3-5-31)44(33-8-12-37(55)13-9-33)32-6-10-36(11-7-32)52-22-17-48(18-23-52)19-24-53(25-20-48)43(57)30-51-28-34-26-39-40(27-35(34)29-51)47(60)54(46(39)59)41-14-15-42(56)50-45(41)58/h1-13,26-27,41,55H,14-25,28-30H2,(H,50,56,58)/b44-38+. The molecule has 9 rings (SSSR count). The molecule has 3 saturated heterocycles. The summed E-state index contributed by atoms with van der Waals surface area (Å²) in [5.74, 6) is -1.24. The number of halogens is 1. The van der Waals surface area contributed by atoms with Crippen LogP contribution in [0.5, 0.6) is 5.75 Å². The van der Waals surface area contributed by atoms with Gasteiger partial charge in [-0.25, -0.2) is 0 Å². The molecule has 11 nitrogen and oxygen atoms in total. The van der Waals surface area contributed by atoms with Crippen LogP contribution in [0.4, 0.5) is 5.69 Å². The summed E-state index contributed by atoms with van der Waals surface area (Å²) in [5, 5.41) is 12.3. The monoisotopic (exact) mass is 825 g/mol. The topological polar surface area (TPSA) is 131 Å². The van der Waals surface area contributed by atoms with Gasteiger partial charge in [-0.3, -0.25) is 39.1 Å². The number of benzene rings is 4. The molecule has 4 aromatic rings. The van der Waals surface area contributed by atoms with Crippen LogP contribution in [0.15, 0.2) is 91.0 Å². The minimum absolute atomic E-state index is 0.0760. The number of hydrogen-bond donors (Lipinski definition) is 2. The van der Waals surface area contributed by atoms with Crippen molar-refractivity contribution in [2.45, 2.75) is 64.1 Å². The third-order valence-corrected chi connectivity index (χ3v) is 13.5. The molecule has 0 saturated carbocycles. The lowest BCUT2D eigenvalue weighted by atomic mass is 9.71. The van der Waals surface area contributed by atoms with Gasteiger partial charge in [0.2, 0.25) is 17.7 Å². The van der Waals surface area contributed by atoms with E-state index in [4.69, 9.17) is 11.6 Å². The molecular weight excluding hydrogens is 778 g/mol. The lowest BCUT2D eigenvalue weighted by molar-refractivity contribution is -0.137. The molecule has 3 fully saturated rings. The van der Waals surface area contributed by atoms with E-state index in [1.54, 1.807) is 24.3 Å². The van der Waals surface area contributed by atoms with E-state index in [1.165, 1.54) is 11.3 Å². The Hall–Kier alpha value is -5.78. The SMILES string of the molecule is O=C1CCC(N2C(=O)c3cc4c(cc3C2=O)CN(CC(=O)N2CCC3(CC2)CCN(c2ccc(/C(=C(/CCCl)c5ccccc5)c5ccc(O)cc5)cc2)CC3)C4)C(=O)N1. The molecule has 1 unspecified atom stereocenters. The van der Waals surface area contributed by atoms with Crippen LogP contribution in [0.1, 0.15) is 93.5 Å². The van der Waals surface area contributed by atoms with E-state index in [0.29, 0.717) is 25.4 Å². The number of piperidine rings is 3. The third kappa shape index (κ3) is 7.60. The number of rotatable bonds is 9. The molecule has 0 aliphatic carbocycles. The molecule has 1 atom stereocenters. The van der Waals surface area contributed by atoms with E-state index in [0.717, 1.165) is 90.2 Å². The number of nitrogens with zero attached hydrogens (tertiary/aromatic N) is 4. The predicted octanol–water partition coefficient (Wildman–Crippen LogP) is 6.61. The zero-order valence-electron chi connectivity index (χ0n) is 33.5. The van der Waals surface area contributed by atoms with Gasteiger partial charge in [0.05, 0.1) is 17.7 Å². The first-order chi connectivity index (χ1) is 29.1. The number of alkyl halides is 1. The van der Waals surface area contributed by atoms with Gasteiger partial charge in [-0.05, 0) is 119 Å². The minimum atomic E-state index is -0.996. The van der Waals surface area contributed by atoms with Crippen molar-refractivity contribution in [3.05, 3.63) is 130 Å². The first kappa shape index (κ1) is 39.7. The molecule has 5 amide bonds. The summed E-state index contributed by atoms with van der Waals surface area (Å²) in [6.07, 6.45) is 5.02. The maximum absolute atomic E-state index is 13.6. The Morgan fingerprint density at radius 3 is 1.92 bits per heavy atom. The van der Waals surface area contributed by atoms with Gasteiger partial charge in [0.25, 0.3) is 11.8 Å². The molecule has 60 heavy (non-hydrogen) atoms. The molecular formula is C48H48ClN5O6. The maximum Gasteiger partial charge on any atom is 0.262 e. The molecule has 0 aromatic heterocycles. The van der Waals surface area contributed by atoms with E-state index in [1.807, 2.05) is 35.2 Å². The smallest absolute Gasteiger partial charge is 0.262 e. The van der Waals surface area contributed by atoms with Crippen LogP contribution in [-0.2, 0) is 27.5 Å². The lowest BCUT2D eigenvalue weighted by Crippen LogP contribution is -2.54. The van der Waals surface area contributed by atoms with E-state index >= 15 is 0 Å². The normalized spacial score (nSPS) is 20.6. The number of carbonyl (C=O) groups is 5. The van der Waals surface area contributed by atoms with Gasteiger partial charge < -0.3 is 14.9 Å². The van der Waals surface area contributed by atoms with Crippen molar-refractivity contribution >= 4 is 58.0 Å². The molecule has 12 heteroatoms. The fourth-order valence-corrected chi connectivity index (χ4v) is 10.1. The largest absolute Gasteiger partial charge is 0.508 e. The number of phenolic OH excluding ortho intramolecular Hbond substituents is 1. The molecule has 2 N–H and O–H groups in total. The van der Waals surface area contributed by atoms with Crippen molar-refractivity contribution in [3.63, 3.8) is 0 Å². The fourth-order valence-electron chi connectivity index (χ4n) is 9.94. The number of carbonyl (C=O) groups excluding carboxylic acids is 5. The number of nitrogens with one attached hydrogen (secondary N) is 1. The van der Waals surface area contributed by atoms with E-state index < -0.39 is 29.7 Å². The molecule has 5 heterocycles. The van der Waals surface area contributed by atoms with Gasteiger partial charge in [0.15, 0.2) is 0 Å². The first-order valence-corrected chi connectivity index (χ1v) is 21.5. The quantitative estimate of drug-likeness (QED) is 0.110. The Bertz CT molecular complexity index is 2340. The number of phenols is 1. The van der Waals surface area contributed by atoms with Crippen LogP contribution in [0, 0.1) is 5.41 Å². The number of fused-ring (bicyclic) bond motifs is 2. The molecule has 0 bridgehead atoms. The van der Waals surface area contributed by atoms with Crippen LogP contribution in [-0.4, -0.2) is 94.0 Å². The Morgan fingerprint density at radius 1 is 0.750 bits per heavy atom. The Balaban J connectivity index is 0.795. The zero-order valence-corrected chi connectivity index (χ0v) is 34.3. The number of anilines is 1. The fraction of sp³-hybridized carbons (Fsp3) is 0.354. The Morgan fingerprint density at radius 2 is 1.33 bits per heavy atom. The van der Waals surface area contributed by atoms with Gasteiger partial charge in [-0.2, -0.15) is 0 Å². The van der Waals surface area contributed by atoms with E-state index in [9.17, 15) is 29.1 Å². The summed E-state index contributed by atoms with van der Waals surface area (Å²) >= 11 is 6.37. The maximum atomic E-state index is 13.6. The van der Waals surface area contributed by atoms with Crippen molar-refractivity contribution < 1.29 is 29.1 Å². The third-order valence-electron chi connectivity index (χ3n) is 13.4. The highest BCUT2D eigenvalue weighted by Gasteiger charge is 2.46. The number of aromatic hydroxyl groups is 1. The second-order valence-electron chi connectivity index (χ2n) is 16.9. The first-order valence-electron chi connectivity index (χ1n) is 21.0. The average Bonchev–Trinajstić information content (AvgIpc) is 3.76. The van der Waals surface area contributed by atoms with E-state index in [-0.39, 0.29) is 47.6 Å². The van der Waals surface area contributed by atoms with Crippen LogP contribution >= 0.6 is 11.6 Å². The second-order valence-corrected chi connectivity index (χ2v) is 17.3. The van der Waals surface area contributed by atoms with E-state index in [2.05, 4.69) is 51.5 Å². The van der Waals surface area contributed by atoms with Gasteiger partial charge in [-0.15, -0.1) is 11.6 Å². The molecule has 1 spiro atoms. The number of hydrogen-bond acceptors (Lipinski definition) is 8. The van der Waals surface area contributed by atoms with Crippen molar-refractivity contribution in [2.75, 3.05) is 43.5 Å². The Kier molecular flexibility index (Phi) is 10.8. The predicted molar refractivity (Wildman–Crippen MR) is 229 cm³/mol. The number of amides is 5. The van der Waals surface area contributed by atoms with Crippen molar-refractivity contribution in [1.82, 2.24) is 20.0 Å². The number of likely N-dealkylation sites (tertiary alicyclic amines) is 1. The van der Waals surface area contributed by atoms with Crippen LogP contribution in [0.3, 0.4) is 0 Å². The van der Waals surface area contributed by atoms with Crippen molar-refractivity contribution in [3.8, 4) is 5.75 Å². The summed E-state index contributed by atoms with van der Waals surface area (Å²) in [6.45, 7) is 4.66. The second kappa shape index (κ2) is 16.3. The number of imide groups is 2. The Labute approximate surface area is 354 Å². The van der Waals surface area contributed by atoms with Crippen molar-refractivity contribution in [2.24, 2.45) is 5.41 Å². The summed E-state index contributed by atoms with van der Waals surface area (Å²) in [5.41, 5.74) is 9.31. The summed E-state index contributed by atoms with van der Waals surface area (Å²) in [4.78, 5) is 71.9. The molecule has 308 valence electrons. The number of allylic oxidation sites excluding steroid dienone is 1. The highest BCUT2D eigenvalue weighted by molar-refractivity contribution is 6.23. The van der Waals surface area contributed by atoms with Gasteiger partial charge in [0, 0.05) is 57.3 Å². The summed E-state index contributed by atoms with van der Waals surface area (Å²) in [7, 11) is 0. The average molecular weight is 826 g/mol. The highest BCUT2D eigenvalue weighted by Crippen LogP contribution is 2.43. The minimum Gasteiger partial charge on any atom is -0.508 e. The van der Waals surface area contributed by atoms with Crippen LogP contribution in [0.2, 0.25) is 0 Å². The zero-order chi connectivity index (χ0) is 41.5. The van der Waals surface area contributed by atoms with Gasteiger partial charge in [-0.1, -0.05) is 54.6 Å². The molecule has 5 aliphatic rings. The molecule has 0 radical (unpaired) electrons. The van der Waals surface area contributed by atoms with Crippen LogP contribution < -0.4 is 10.2 Å². The van der Waals surface area contributed by atoms with Crippen molar-refractivity contribution in [1.29, 1.82) is 0 Å². The van der Waals surface area contributed by atoms with Gasteiger partial charge >= 0.3 is 0 Å². The summed E-state index contributed by atoms with van der Waals surface area (Å²) in [6, 6.07) is 29.1. The molecule has 4 aromatic carbocycles. The molecule has 5 aliphatic heterocycles. The van der Waals surface area contributed by atoms with Gasteiger partial charge in [0.1, 0.15) is 11.8 Å². The summed E-state index contributed by atoms with van der Waals surface area (Å²) < 4.78 is 0. The highest BCUT2D eigenvalue weighted by atomic mass is 35.5. The lowest BCUT2D eigenvalue weighted by Gasteiger charge is -2.47.